The molecule has 1 aromatic rings. The molecule has 0 aliphatic heterocycles. The number of carbonyl (C=O) groups is 1. The van der Waals surface area contributed by atoms with Gasteiger partial charge >= 0.3 is 0 Å². The molecule has 0 aromatic heterocycles. The Bertz CT molecular complexity index is 374. The number of hydrogen-bond acceptors (Lipinski definition) is 1. The van der Waals surface area contributed by atoms with Gasteiger partial charge in [-0.05, 0) is 24.6 Å². The molecule has 0 aliphatic rings. The fourth-order valence-corrected chi connectivity index (χ4v) is 2.25. The lowest BCUT2D eigenvalue weighted by atomic mass is 10.0. The van der Waals surface area contributed by atoms with Crippen LogP contribution in [-0.4, -0.2) is 5.78 Å². The summed E-state index contributed by atoms with van der Waals surface area (Å²) in [6.45, 7) is 2.18. The van der Waals surface area contributed by atoms with Gasteiger partial charge in [-0.2, -0.15) is 0 Å². The Balaban J connectivity index is 2.42. The summed E-state index contributed by atoms with van der Waals surface area (Å²) in [6.07, 6.45) is 6.30. The molecule has 0 saturated heterocycles. The molecule has 1 aromatic carbocycles. The molecule has 17 heavy (non-hydrogen) atoms. The Labute approximate surface area is 113 Å². The third kappa shape index (κ3) is 5.10. The largest absolute Gasteiger partial charge is 0.294 e. The lowest BCUT2D eigenvalue weighted by Crippen LogP contribution is -1.99. The normalized spacial score (nSPS) is 10.5. The maximum Gasteiger partial charge on any atom is 0.164 e. The van der Waals surface area contributed by atoms with E-state index in [1.54, 1.807) is 18.2 Å². The van der Waals surface area contributed by atoms with Crippen molar-refractivity contribution >= 4 is 29.0 Å². The van der Waals surface area contributed by atoms with Crippen LogP contribution in [0.4, 0.5) is 0 Å². The molecule has 0 unspecified atom stereocenters. The lowest BCUT2D eigenvalue weighted by Gasteiger charge is -2.04. The zero-order chi connectivity index (χ0) is 12.7. The Morgan fingerprint density at radius 1 is 1.12 bits per heavy atom. The average molecular weight is 273 g/mol. The average Bonchev–Trinajstić information content (AvgIpc) is 2.28. The number of hydrogen-bond donors (Lipinski definition) is 0. The summed E-state index contributed by atoms with van der Waals surface area (Å²) in [4.78, 5) is 11.9. The molecule has 0 N–H and O–H groups in total. The maximum atomic E-state index is 11.9. The van der Waals surface area contributed by atoms with Crippen molar-refractivity contribution in [2.45, 2.75) is 45.4 Å². The van der Waals surface area contributed by atoms with E-state index in [1.807, 2.05) is 0 Å². The first kappa shape index (κ1) is 14.5. The summed E-state index contributed by atoms with van der Waals surface area (Å²) in [5.41, 5.74) is 0.589. The quantitative estimate of drug-likeness (QED) is 0.471. The first-order valence-corrected chi connectivity index (χ1v) is 6.89. The SMILES string of the molecule is CCCCCCCC(=O)c1ccc(Cl)cc1Cl. The van der Waals surface area contributed by atoms with E-state index in [0.717, 1.165) is 12.8 Å². The predicted octanol–water partition coefficient (Wildman–Crippen LogP) is 5.54. The highest BCUT2D eigenvalue weighted by Crippen LogP contribution is 2.22. The molecule has 0 spiro atoms. The van der Waals surface area contributed by atoms with Gasteiger partial charge in [-0.15, -0.1) is 0 Å². The van der Waals surface area contributed by atoms with Crippen LogP contribution in [0.5, 0.6) is 0 Å². The van der Waals surface area contributed by atoms with Gasteiger partial charge in [0.2, 0.25) is 0 Å². The van der Waals surface area contributed by atoms with Crippen LogP contribution >= 0.6 is 23.2 Å². The van der Waals surface area contributed by atoms with Crippen LogP contribution in [0.2, 0.25) is 10.0 Å². The van der Waals surface area contributed by atoms with Crippen molar-refractivity contribution in [1.29, 1.82) is 0 Å². The maximum absolute atomic E-state index is 11.9. The summed E-state index contributed by atoms with van der Waals surface area (Å²) in [7, 11) is 0. The van der Waals surface area contributed by atoms with Crippen molar-refractivity contribution in [3.05, 3.63) is 33.8 Å². The van der Waals surface area contributed by atoms with Crippen molar-refractivity contribution in [3.8, 4) is 0 Å². The van der Waals surface area contributed by atoms with Crippen LogP contribution in [0.15, 0.2) is 18.2 Å². The third-order valence-electron chi connectivity index (χ3n) is 2.74. The number of ketones is 1. The van der Waals surface area contributed by atoms with E-state index < -0.39 is 0 Å². The molecular weight excluding hydrogens is 255 g/mol. The highest BCUT2D eigenvalue weighted by molar-refractivity contribution is 6.36. The Hall–Kier alpha value is -0.530. The van der Waals surface area contributed by atoms with E-state index in [4.69, 9.17) is 23.2 Å². The standard InChI is InChI=1S/C14H18Cl2O/c1-2-3-4-5-6-7-14(17)12-9-8-11(15)10-13(12)16/h8-10H,2-7H2,1H3. The fourth-order valence-electron chi connectivity index (χ4n) is 1.74. The van der Waals surface area contributed by atoms with Gasteiger partial charge in [-0.25, -0.2) is 0 Å². The second-order valence-electron chi connectivity index (χ2n) is 4.21. The van der Waals surface area contributed by atoms with E-state index in [1.165, 1.54) is 19.3 Å². The smallest absolute Gasteiger partial charge is 0.164 e. The lowest BCUT2D eigenvalue weighted by molar-refractivity contribution is 0.0979. The summed E-state index contributed by atoms with van der Waals surface area (Å²) < 4.78 is 0. The minimum absolute atomic E-state index is 0.114. The minimum Gasteiger partial charge on any atom is -0.294 e. The zero-order valence-electron chi connectivity index (χ0n) is 10.1. The van der Waals surface area contributed by atoms with Gasteiger partial charge in [0.25, 0.3) is 0 Å². The number of rotatable bonds is 7. The molecule has 0 bridgehead atoms. The van der Waals surface area contributed by atoms with Crippen molar-refractivity contribution < 1.29 is 4.79 Å². The topological polar surface area (TPSA) is 17.1 Å². The Morgan fingerprint density at radius 2 is 1.82 bits per heavy atom. The van der Waals surface area contributed by atoms with Crippen LogP contribution in [0.1, 0.15) is 55.8 Å². The summed E-state index contributed by atoms with van der Waals surface area (Å²) in [5.74, 6) is 0.114. The van der Waals surface area contributed by atoms with Crippen molar-refractivity contribution in [3.63, 3.8) is 0 Å². The van der Waals surface area contributed by atoms with Gasteiger partial charge < -0.3 is 0 Å². The van der Waals surface area contributed by atoms with E-state index in [-0.39, 0.29) is 5.78 Å². The van der Waals surface area contributed by atoms with Gasteiger partial charge in [0.05, 0.1) is 5.02 Å². The second-order valence-corrected chi connectivity index (χ2v) is 5.06. The Kier molecular flexibility index (Phi) is 6.61. The van der Waals surface area contributed by atoms with Gasteiger partial charge in [-0.3, -0.25) is 4.79 Å². The summed E-state index contributed by atoms with van der Waals surface area (Å²) >= 11 is 11.8. The second kappa shape index (κ2) is 7.73. The van der Waals surface area contributed by atoms with E-state index >= 15 is 0 Å². The van der Waals surface area contributed by atoms with Crippen LogP contribution in [0, 0.1) is 0 Å². The molecule has 0 atom stereocenters. The summed E-state index contributed by atoms with van der Waals surface area (Å²) in [6, 6.07) is 5.03. The van der Waals surface area contributed by atoms with E-state index in [9.17, 15) is 4.79 Å². The number of benzene rings is 1. The molecule has 1 rings (SSSR count). The molecular formula is C14H18Cl2O. The monoisotopic (exact) mass is 272 g/mol. The third-order valence-corrected chi connectivity index (χ3v) is 3.29. The minimum atomic E-state index is 0.114. The molecule has 0 saturated carbocycles. The van der Waals surface area contributed by atoms with Gasteiger partial charge in [0.15, 0.2) is 5.78 Å². The molecule has 0 heterocycles. The predicted molar refractivity (Wildman–Crippen MR) is 74.2 cm³/mol. The number of unbranched alkanes of at least 4 members (excludes halogenated alkanes) is 4. The van der Waals surface area contributed by atoms with Crippen molar-refractivity contribution in [1.82, 2.24) is 0 Å². The Morgan fingerprint density at radius 3 is 2.47 bits per heavy atom. The van der Waals surface area contributed by atoms with Gasteiger partial charge in [-0.1, -0.05) is 55.8 Å². The highest BCUT2D eigenvalue weighted by atomic mass is 35.5. The van der Waals surface area contributed by atoms with Crippen LogP contribution in [0.25, 0.3) is 0 Å². The molecule has 0 amide bonds. The number of carbonyl (C=O) groups excluding carboxylic acids is 1. The molecule has 94 valence electrons. The zero-order valence-corrected chi connectivity index (χ0v) is 11.7. The highest BCUT2D eigenvalue weighted by Gasteiger charge is 2.10. The van der Waals surface area contributed by atoms with Crippen molar-refractivity contribution in [2.75, 3.05) is 0 Å². The van der Waals surface area contributed by atoms with E-state index in [0.29, 0.717) is 22.0 Å². The van der Waals surface area contributed by atoms with Crippen LogP contribution in [0.3, 0.4) is 0 Å². The fraction of sp³-hybridized carbons (Fsp3) is 0.500. The molecule has 3 heteroatoms. The summed E-state index contributed by atoms with van der Waals surface area (Å²) in [5, 5.41) is 1.02. The number of halogens is 2. The number of Topliss-reactive ketones (excluding diaryl/α,β-unsaturated/α-hetero) is 1. The van der Waals surface area contributed by atoms with Gasteiger partial charge in [0, 0.05) is 17.0 Å². The van der Waals surface area contributed by atoms with Crippen molar-refractivity contribution in [2.24, 2.45) is 0 Å². The molecule has 0 fully saturated rings. The first-order valence-electron chi connectivity index (χ1n) is 6.13. The molecule has 1 nitrogen and oxygen atoms in total. The van der Waals surface area contributed by atoms with Crippen LogP contribution < -0.4 is 0 Å². The molecule has 0 radical (unpaired) electrons. The first-order chi connectivity index (χ1) is 8.15. The molecule has 0 aliphatic carbocycles. The van der Waals surface area contributed by atoms with E-state index in [2.05, 4.69) is 6.92 Å². The van der Waals surface area contributed by atoms with Crippen LogP contribution in [-0.2, 0) is 0 Å². The van der Waals surface area contributed by atoms with Gasteiger partial charge in [0.1, 0.15) is 0 Å².